The summed E-state index contributed by atoms with van der Waals surface area (Å²) in [5.41, 5.74) is 0.909. The zero-order valence-corrected chi connectivity index (χ0v) is 10.3. The number of aromatic carboxylic acids is 1. The first-order valence-corrected chi connectivity index (χ1v) is 5.57. The van der Waals surface area contributed by atoms with Crippen LogP contribution in [0.15, 0.2) is 36.5 Å². The Bertz CT molecular complexity index is 581. The van der Waals surface area contributed by atoms with Gasteiger partial charge in [-0.2, -0.15) is 0 Å². The summed E-state index contributed by atoms with van der Waals surface area (Å²) < 4.78 is 5.48. The largest absolute Gasteiger partial charge is 0.478 e. The predicted molar refractivity (Wildman–Crippen MR) is 67.5 cm³/mol. The Morgan fingerprint density at radius 1 is 1.33 bits per heavy atom. The number of rotatable bonds is 3. The standard InChI is InChI=1S/C13H10ClNO3/c1-8-2-4-10(7-15-8)18-12-6-9(14)3-5-11(12)13(16)17/h2-7H,1H3,(H,16,17). The van der Waals surface area contributed by atoms with Gasteiger partial charge < -0.3 is 9.84 Å². The number of carboxylic acids is 1. The highest BCUT2D eigenvalue weighted by Crippen LogP contribution is 2.28. The number of hydrogen-bond acceptors (Lipinski definition) is 3. The minimum Gasteiger partial charge on any atom is -0.478 e. The van der Waals surface area contributed by atoms with E-state index in [1.54, 1.807) is 12.1 Å². The van der Waals surface area contributed by atoms with Gasteiger partial charge in [0.2, 0.25) is 0 Å². The number of hydrogen-bond donors (Lipinski definition) is 1. The summed E-state index contributed by atoms with van der Waals surface area (Å²) in [5.74, 6) is -0.409. The maximum absolute atomic E-state index is 11.0. The van der Waals surface area contributed by atoms with Crippen LogP contribution in [0.4, 0.5) is 0 Å². The van der Waals surface area contributed by atoms with Crippen LogP contribution in [-0.4, -0.2) is 16.1 Å². The molecule has 0 spiro atoms. The maximum Gasteiger partial charge on any atom is 0.339 e. The topological polar surface area (TPSA) is 59.4 Å². The van der Waals surface area contributed by atoms with E-state index in [-0.39, 0.29) is 11.3 Å². The smallest absolute Gasteiger partial charge is 0.339 e. The van der Waals surface area contributed by atoms with Gasteiger partial charge in [-0.1, -0.05) is 11.6 Å². The molecule has 4 nitrogen and oxygen atoms in total. The molecule has 0 bridgehead atoms. The van der Waals surface area contributed by atoms with Crippen molar-refractivity contribution in [1.82, 2.24) is 4.98 Å². The van der Waals surface area contributed by atoms with Crippen molar-refractivity contribution in [2.45, 2.75) is 6.92 Å². The Kier molecular flexibility index (Phi) is 3.48. The van der Waals surface area contributed by atoms with E-state index in [9.17, 15) is 4.79 Å². The molecule has 0 aliphatic rings. The van der Waals surface area contributed by atoms with Crippen LogP contribution in [0.5, 0.6) is 11.5 Å². The number of aryl methyl sites for hydroxylation is 1. The van der Waals surface area contributed by atoms with Crippen LogP contribution >= 0.6 is 11.6 Å². The van der Waals surface area contributed by atoms with Gasteiger partial charge in [-0.15, -0.1) is 0 Å². The minimum absolute atomic E-state index is 0.0555. The number of nitrogens with zero attached hydrogens (tertiary/aromatic N) is 1. The molecule has 1 N–H and O–H groups in total. The molecule has 0 aliphatic carbocycles. The molecular formula is C13H10ClNO3. The molecule has 0 aliphatic heterocycles. The molecule has 2 rings (SSSR count). The molecule has 0 saturated heterocycles. The van der Waals surface area contributed by atoms with Crippen LogP contribution in [0, 0.1) is 6.92 Å². The summed E-state index contributed by atoms with van der Waals surface area (Å²) >= 11 is 5.82. The monoisotopic (exact) mass is 263 g/mol. The highest BCUT2D eigenvalue weighted by molar-refractivity contribution is 6.30. The van der Waals surface area contributed by atoms with Crippen molar-refractivity contribution in [2.75, 3.05) is 0 Å². The molecule has 92 valence electrons. The number of ether oxygens (including phenoxy) is 1. The Morgan fingerprint density at radius 2 is 2.11 bits per heavy atom. The number of carbonyl (C=O) groups is 1. The zero-order valence-electron chi connectivity index (χ0n) is 9.55. The third-order valence-corrected chi connectivity index (χ3v) is 2.52. The molecule has 5 heteroatoms. The van der Waals surface area contributed by atoms with E-state index in [2.05, 4.69) is 4.98 Å². The fraction of sp³-hybridized carbons (Fsp3) is 0.0769. The van der Waals surface area contributed by atoms with Crippen LogP contribution in [0.1, 0.15) is 16.1 Å². The molecule has 2 aromatic rings. The lowest BCUT2D eigenvalue weighted by Gasteiger charge is -2.08. The fourth-order valence-corrected chi connectivity index (χ4v) is 1.56. The summed E-state index contributed by atoms with van der Waals surface area (Å²) in [5, 5.41) is 9.45. The third-order valence-electron chi connectivity index (χ3n) is 2.29. The van der Waals surface area contributed by atoms with Crippen LogP contribution in [0.25, 0.3) is 0 Å². The van der Waals surface area contributed by atoms with Crippen molar-refractivity contribution < 1.29 is 14.6 Å². The SMILES string of the molecule is Cc1ccc(Oc2cc(Cl)ccc2C(=O)O)cn1. The van der Waals surface area contributed by atoms with E-state index < -0.39 is 5.97 Å². The molecule has 18 heavy (non-hydrogen) atoms. The van der Waals surface area contributed by atoms with Crippen molar-refractivity contribution in [3.8, 4) is 11.5 Å². The van der Waals surface area contributed by atoms with Crippen LogP contribution in [-0.2, 0) is 0 Å². The van der Waals surface area contributed by atoms with E-state index in [0.717, 1.165) is 5.69 Å². The van der Waals surface area contributed by atoms with Crippen LogP contribution < -0.4 is 4.74 Å². The summed E-state index contributed by atoms with van der Waals surface area (Å²) in [6.07, 6.45) is 1.53. The van der Waals surface area contributed by atoms with Gasteiger partial charge in [0.05, 0.1) is 6.20 Å². The van der Waals surface area contributed by atoms with Crippen molar-refractivity contribution in [3.63, 3.8) is 0 Å². The quantitative estimate of drug-likeness (QED) is 0.920. The van der Waals surface area contributed by atoms with E-state index in [1.807, 2.05) is 6.92 Å². The Labute approximate surface area is 109 Å². The second kappa shape index (κ2) is 5.06. The average molecular weight is 264 g/mol. The molecule has 0 unspecified atom stereocenters. The molecule has 0 radical (unpaired) electrons. The Hall–Kier alpha value is -2.07. The highest BCUT2D eigenvalue weighted by Gasteiger charge is 2.12. The summed E-state index contributed by atoms with van der Waals surface area (Å²) in [4.78, 5) is 15.1. The highest BCUT2D eigenvalue weighted by atomic mass is 35.5. The van der Waals surface area contributed by atoms with E-state index in [4.69, 9.17) is 21.4 Å². The van der Waals surface area contributed by atoms with Gasteiger partial charge in [0.1, 0.15) is 17.1 Å². The lowest BCUT2D eigenvalue weighted by Crippen LogP contribution is -2.00. The maximum atomic E-state index is 11.0. The molecule has 1 aromatic heterocycles. The molecule has 0 saturated carbocycles. The molecule has 0 atom stereocenters. The van der Waals surface area contributed by atoms with E-state index >= 15 is 0 Å². The normalized spacial score (nSPS) is 10.1. The molecule has 1 aromatic carbocycles. The molecule has 1 heterocycles. The Morgan fingerprint density at radius 3 is 2.72 bits per heavy atom. The number of halogens is 1. The van der Waals surface area contributed by atoms with Gasteiger partial charge >= 0.3 is 5.97 Å². The van der Waals surface area contributed by atoms with E-state index in [1.165, 1.54) is 24.4 Å². The zero-order chi connectivity index (χ0) is 13.1. The lowest BCUT2D eigenvalue weighted by molar-refractivity contribution is 0.0694. The minimum atomic E-state index is -1.07. The van der Waals surface area contributed by atoms with Crippen LogP contribution in [0.2, 0.25) is 5.02 Å². The Balaban J connectivity index is 2.35. The number of carboxylic acid groups (broad SMARTS) is 1. The summed E-state index contributed by atoms with van der Waals surface area (Å²) in [7, 11) is 0. The number of aromatic nitrogens is 1. The van der Waals surface area contributed by atoms with E-state index in [0.29, 0.717) is 10.8 Å². The van der Waals surface area contributed by atoms with Gasteiger partial charge in [-0.05, 0) is 31.2 Å². The lowest BCUT2D eigenvalue weighted by atomic mass is 10.2. The first-order chi connectivity index (χ1) is 8.56. The van der Waals surface area contributed by atoms with Crippen molar-refractivity contribution in [3.05, 3.63) is 52.8 Å². The van der Waals surface area contributed by atoms with Gasteiger partial charge in [0.25, 0.3) is 0 Å². The van der Waals surface area contributed by atoms with Gasteiger partial charge in [0, 0.05) is 16.8 Å². The fourth-order valence-electron chi connectivity index (χ4n) is 1.40. The second-order valence-corrected chi connectivity index (χ2v) is 4.12. The number of pyridine rings is 1. The second-order valence-electron chi connectivity index (χ2n) is 3.68. The summed E-state index contributed by atoms with van der Waals surface area (Å²) in [6, 6.07) is 7.87. The summed E-state index contributed by atoms with van der Waals surface area (Å²) in [6.45, 7) is 1.85. The van der Waals surface area contributed by atoms with Gasteiger partial charge in [0.15, 0.2) is 0 Å². The molecular weight excluding hydrogens is 254 g/mol. The number of benzene rings is 1. The average Bonchev–Trinajstić information content (AvgIpc) is 2.32. The van der Waals surface area contributed by atoms with Gasteiger partial charge in [-0.3, -0.25) is 4.98 Å². The molecule has 0 amide bonds. The van der Waals surface area contributed by atoms with Gasteiger partial charge in [-0.25, -0.2) is 4.79 Å². The predicted octanol–water partition coefficient (Wildman–Crippen LogP) is 3.53. The van der Waals surface area contributed by atoms with Crippen molar-refractivity contribution in [1.29, 1.82) is 0 Å². The first kappa shape index (κ1) is 12.4. The molecule has 0 fully saturated rings. The van der Waals surface area contributed by atoms with Crippen LogP contribution in [0.3, 0.4) is 0 Å². The van der Waals surface area contributed by atoms with Crippen molar-refractivity contribution in [2.24, 2.45) is 0 Å². The van der Waals surface area contributed by atoms with Crippen molar-refractivity contribution >= 4 is 17.6 Å². The first-order valence-electron chi connectivity index (χ1n) is 5.19. The third kappa shape index (κ3) is 2.78.